The molecule has 0 aromatic rings. The van der Waals surface area contributed by atoms with Crippen LogP contribution in [0.1, 0.15) is 12.8 Å². The van der Waals surface area contributed by atoms with Gasteiger partial charge < -0.3 is 5.73 Å². The fraction of sp³-hybridized carbons (Fsp3) is 1.00. The maximum absolute atomic E-state index is 5.64. The zero-order chi connectivity index (χ0) is 5.98. The van der Waals surface area contributed by atoms with Gasteiger partial charge in [-0.05, 0) is 12.8 Å². The molecular formula is C5H12N2S. The summed E-state index contributed by atoms with van der Waals surface area (Å²) >= 11 is 4.18. The lowest BCUT2D eigenvalue weighted by Gasteiger charge is -2.24. The van der Waals surface area contributed by atoms with E-state index in [1.165, 1.54) is 0 Å². The van der Waals surface area contributed by atoms with Gasteiger partial charge in [-0.2, -0.15) is 0 Å². The highest BCUT2D eigenvalue weighted by atomic mass is 32.1. The van der Waals surface area contributed by atoms with E-state index in [2.05, 4.69) is 12.8 Å². The largest absolute Gasteiger partial charge is 0.328 e. The van der Waals surface area contributed by atoms with Gasteiger partial charge in [-0.15, -0.1) is 0 Å². The lowest BCUT2D eigenvalue weighted by molar-refractivity contribution is 0.349. The Bertz CT molecular complexity index is 58.8. The number of nitrogens with two attached hydrogens (primary N) is 1. The summed E-state index contributed by atoms with van der Waals surface area (Å²) in [6.45, 7) is 2.09. The van der Waals surface area contributed by atoms with Crippen LogP contribution in [-0.4, -0.2) is 23.4 Å². The highest BCUT2D eigenvalue weighted by Gasteiger charge is 2.11. The third kappa shape index (κ3) is 1.65. The fourth-order valence-corrected chi connectivity index (χ4v) is 1.12. The molecule has 1 aliphatic heterocycles. The molecule has 1 heterocycles. The van der Waals surface area contributed by atoms with Crippen LogP contribution in [0.15, 0.2) is 0 Å². The first-order valence-corrected chi connectivity index (χ1v) is 3.38. The minimum Gasteiger partial charge on any atom is -0.328 e. The van der Waals surface area contributed by atoms with E-state index in [1.807, 2.05) is 4.31 Å². The van der Waals surface area contributed by atoms with E-state index in [0.717, 1.165) is 25.9 Å². The van der Waals surface area contributed by atoms with Gasteiger partial charge in [-0.1, -0.05) is 12.8 Å². The molecule has 0 aromatic carbocycles. The van der Waals surface area contributed by atoms with Gasteiger partial charge in [0, 0.05) is 19.1 Å². The Kier molecular flexibility index (Phi) is 2.16. The molecule has 48 valence electrons. The van der Waals surface area contributed by atoms with Crippen LogP contribution in [0.4, 0.5) is 0 Å². The quantitative estimate of drug-likeness (QED) is 0.463. The smallest absolute Gasteiger partial charge is 0.0102 e. The van der Waals surface area contributed by atoms with Gasteiger partial charge in [0.2, 0.25) is 0 Å². The highest BCUT2D eigenvalue weighted by Crippen LogP contribution is 2.08. The summed E-state index contributed by atoms with van der Waals surface area (Å²) in [7, 11) is 0. The molecule has 0 aromatic heterocycles. The number of hydrogen-bond donors (Lipinski definition) is 2. The van der Waals surface area contributed by atoms with Crippen molar-refractivity contribution in [3.8, 4) is 0 Å². The third-order valence-corrected chi connectivity index (χ3v) is 1.92. The fourth-order valence-electron chi connectivity index (χ4n) is 0.886. The normalized spacial score (nSPS) is 26.2. The zero-order valence-electron chi connectivity index (χ0n) is 4.88. The molecule has 0 spiro atoms. The monoisotopic (exact) mass is 132 g/mol. The Hall–Kier alpha value is 0.270. The number of nitrogens with zero attached hydrogens (tertiary/aromatic N) is 1. The van der Waals surface area contributed by atoms with Crippen molar-refractivity contribution in [3.63, 3.8) is 0 Å². The van der Waals surface area contributed by atoms with Crippen molar-refractivity contribution in [1.82, 2.24) is 4.31 Å². The van der Waals surface area contributed by atoms with Crippen molar-refractivity contribution in [3.05, 3.63) is 0 Å². The molecule has 0 amide bonds. The molecular weight excluding hydrogens is 120 g/mol. The topological polar surface area (TPSA) is 29.3 Å². The lowest BCUT2D eigenvalue weighted by Crippen LogP contribution is -2.34. The van der Waals surface area contributed by atoms with E-state index in [-0.39, 0.29) is 0 Å². The maximum Gasteiger partial charge on any atom is 0.0102 e. The predicted octanol–water partition coefficient (Wildman–Crippen LogP) is 0.254. The SMILES string of the molecule is NC1CCN(S)CC1. The van der Waals surface area contributed by atoms with Crippen LogP contribution in [0.2, 0.25) is 0 Å². The van der Waals surface area contributed by atoms with E-state index in [9.17, 15) is 0 Å². The van der Waals surface area contributed by atoms with Crippen LogP contribution < -0.4 is 5.73 Å². The summed E-state index contributed by atoms with van der Waals surface area (Å²) in [6, 6.07) is 0.429. The first kappa shape index (κ1) is 6.39. The summed E-state index contributed by atoms with van der Waals surface area (Å²) in [5.74, 6) is 0. The maximum atomic E-state index is 5.64. The Morgan fingerprint density at radius 2 is 1.88 bits per heavy atom. The van der Waals surface area contributed by atoms with E-state index in [4.69, 9.17) is 5.73 Å². The molecule has 0 unspecified atom stereocenters. The van der Waals surface area contributed by atoms with Gasteiger partial charge in [-0.3, -0.25) is 4.31 Å². The van der Waals surface area contributed by atoms with Crippen molar-refractivity contribution in [2.45, 2.75) is 18.9 Å². The molecule has 1 aliphatic rings. The molecule has 2 nitrogen and oxygen atoms in total. The highest BCUT2D eigenvalue weighted by molar-refractivity contribution is 7.77. The van der Waals surface area contributed by atoms with E-state index in [1.54, 1.807) is 0 Å². The average Bonchev–Trinajstić information content (AvgIpc) is 1.77. The van der Waals surface area contributed by atoms with Crippen LogP contribution in [0.3, 0.4) is 0 Å². The number of thiol groups is 1. The summed E-state index contributed by atoms with van der Waals surface area (Å²) in [6.07, 6.45) is 2.20. The van der Waals surface area contributed by atoms with Crippen molar-refractivity contribution >= 4 is 12.8 Å². The Morgan fingerprint density at radius 1 is 1.38 bits per heavy atom. The lowest BCUT2D eigenvalue weighted by atomic mass is 10.1. The summed E-state index contributed by atoms with van der Waals surface area (Å²) < 4.78 is 2.02. The number of piperidine rings is 1. The van der Waals surface area contributed by atoms with Crippen molar-refractivity contribution in [2.24, 2.45) is 5.73 Å². The van der Waals surface area contributed by atoms with E-state index in [0.29, 0.717) is 6.04 Å². The molecule has 0 saturated carbocycles. The van der Waals surface area contributed by atoms with Crippen LogP contribution >= 0.6 is 12.8 Å². The van der Waals surface area contributed by atoms with E-state index < -0.39 is 0 Å². The molecule has 0 radical (unpaired) electrons. The van der Waals surface area contributed by atoms with Crippen molar-refractivity contribution in [2.75, 3.05) is 13.1 Å². The molecule has 1 rings (SSSR count). The standard InChI is InChI=1S/C5H12N2S/c6-5-1-3-7(8)4-2-5/h5,8H,1-4,6H2. The van der Waals surface area contributed by atoms with Gasteiger partial charge in [0.25, 0.3) is 0 Å². The van der Waals surface area contributed by atoms with Gasteiger partial charge in [-0.25, -0.2) is 0 Å². The second-order valence-electron chi connectivity index (χ2n) is 2.29. The van der Waals surface area contributed by atoms with Gasteiger partial charge >= 0.3 is 0 Å². The minimum absolute atomic E-state index is 0.429. The molecule has 3 heteroatoms. The van der Waals surface area contributed by atoms with Crippen LogP contribution in [0, 0.1) is 0 Å². The molecule has 1 fully saturated rings. The Balaban J connectivity index is 2.19. The van der Waals surface area contributed by atoms with Crippen molar-refractivity contribution in [1.29, 1.82) is 0 Å². The average molecular weight is 132 g/mol. The second kappa shape index (κ2) is 2.71. The molecule has 1 saturated heterocycles. The summed E-state index contributed by atoms with van der Waals surface area (Å²) in [4.78, 5) is 0. The molecule has 2 N–H and O–H groups in total. The van der Waals surface area contributed by atoms with Crippen molar-refractivity contribution < 1.29 is 0 Å². The van der Waals surface area contributed by atoms with Gasteiger partial charge in [0.1, 0.15) is 0 Å². The van der Waals surface area contributed by atoms with E-state index >= 15 is 0 Å². The zero-order valence-corrected chi connectivity index (χ0v) is 5.77. The summed E-state index contributed by atoms with van der Waals surface area (Å²) in [5.41, 5.74) is 5.64. The Labute approximate surface area is 55.6 Å². The van der Waals surface area contributed by atoms with Gasteiger partial charge in [0.15, 0.2) is 0 Å². The summed E-state index contributed by atoms with van der Waals surface area (Å²) in [5, 5.41) is 0. The molecule has 8 heavy (non-hydrogen) atoms. The number of hydrogen-bond acceptors (Lipinski definition) is 3. The Morgan fingerprint density at radius 3 is 2.25 bits per heavy atom. The third-order valence-electron chi connectivity index (χ3n) is 1.52. The number of rotatable bonds is 0. The second-order valence-corrected chi connectivity index (χ2v) is 2.86. The first-order valence-electron chi connectivity index (χ1n) is 2.98. The van der Waals surface area contributed by atoms with Crippen LogP contribution in [0.25, 0.3) is 0 Å². The van der Waals surface area contributed by atoms with Crippen LogP contribution in [0.5, 0.6) is 0 Å². The predicted molar refractivity (Wildman–Crippen MR) is 37.8 cm³/mol. The molecule has 0 atom stereocenters. The van der Waals surface area contributed by atoms with Gasteiger partial charge in [0.05, 0.1) is 0 Å². The minimum atomic E-state index is 0.429. The van der Waals surface area contributed by atoms with Crippen LogP contribution in [-0.2, 0) is 0 Å². The molecule has 0 bridgehead atoms. The first-order chi connectivity index (χ1) is 3.79. The molecule has 0 aliphatic carbocycles.